The zero-order valence-corrected chi connectivity index (χ0v) is 11.5. The Balaban J connectivity index is 4.07. The van der Waals surface area contributed by atoms with E-state index >= 15 is 0 Å². The van der Waals surface area contributed by atoms with Gasteiger partial charge in [0.15, 0.2) is 0 Å². The van der Waals surface area contributed by atoms with Crippen LogP contribution in [0.3, 0.4) is 0 Å². The van der Waals surface area contributed by atoms with Crippen LogP contribution in [0.1, 0.15) is 20.3 Å². The standard InChI is InChI=1S/C11H22N4O4/c1-7(2)15(3)5-4-13-11(19)14-8(10(17)18)6-9(12)16/h7-8H,4-6H2,1-3H3,(H2,12,16)(H,17,18)(H2,13,14,19)/t8-/m1/s1. The number of carbonyl (C=O) groups is 3. The van der Waals surface area contributed by atoms with E-state index in [1.807, 2.05) is 25.8 Å². The molecule has 0 saturated carbocycles. The van der Waals surface area contributed by atoms with Crippen LogP contribution in [0.4, 0.5) is 4.79 Å². The van der Waals surface area contributed by atoms with Crippen LogP contribution in [0.15, 0.2) is 0 Å². The normalized spacial score (nSPS) is 12.3. The lowest BCUT2D eigenvalue weighted by Gasteiger charge is -2.21. The van der Waals surface area contributed by atoms with Crippen LogP contribution in [0.25, 0.3) is 0 Å². The quantitative estimate of drug-likeness (QED) is 0.449. The SMILES string of the molecule is CC(C)N(C)CCNC(=O)N[C@H](CC(N)=O)C(=O)O. The minimum Gasteiger partial charge on any atom is -0.480 e. The van der Waals surface area contributed by atoms with E-state index in [0.717, 1.165) is 0 Å². The molecule has 0 heterocycles. The van der Waals surface area contributed by atoms with Crippen LogP contribution in [-0.4, -0.2) is 60.1 Å². The van der Waals surface area contributed by atoms with Gasteiger partial charge in [0.1, 0.15) is 6.04 Å². The molecule has 110 valence electrons. The fourth-order valence-electron chi connectivity index (χ4n) is 1.21. The van der Waals surface area contributed by atoms with Crippen molar-refractivity contribution in [2.24, 2.45) is 5.73 Å². The molecule has 3 amide bonds. The van der Waals surface area contributed by atoms with Crippen LogP contribution in [0.2, 0.25) is 0 Å². The second-order valence-corrected chi connectivity index (χ2v) is 4.54. The summed E-state index contributed by atoms with van der Waals surface area (Å²) in [4.78, 5) is 34.9. The van der Waals surface area contributed by atoms with Gasteiger partial charge in [0.25, 0.3) is 0 Å². The molecule has 5 N–H and O–H groups in total. The summed E-state index contributed by atoms with van der Waals surface area (Å²) in [6, 6.07) is -1.59. The number of carbonyl (C=O) groups excluding carboxylic acids is 2. The molecule has 0 fully saturated rings. The highest BCUT2D eigenvalue weighted by Crippen LogP contribution is 1.92. The third kappa shape index (κ3) is 7.98. The molecule has 8 nitrogen and oxygen atoms in total. The second kappa shape index (κ2) is 8.30. The number of rotatable bonds is 8. The molecule has 0 aromatic rings. The van der Waals surface area contributed by atoms with Crippen molar-refractivity contribution in [3.63, 3.8) is 0 Å². The summed E-state index contributed by atoms with van der Waals surface area (Å²) in [7, 11) is 1.91. The van der Waals surface area contributed by atoms with Gasteiger partial charge < -0.3 is 26.4 Å². The molecule has 0 unspecified atom stereocenters. The molecule has 0 aromatic heterocycles. The van der Waals surface area contributed by atoms with Crippen LogP contribution >= 0.6 is 0 Å². The largest absolute Gasteiger partial charge is 0.480 e. The summed E-state index contributed by atoms with van der Waals surface area (Å²) in [6.45, 7) is 5.06. The first-order chi connectivity index (χ1) is 8.73. The minimum atomic E-state index is -1.31. The van der Waals surface area contributed by atoms with Crippen LogP contribution in [0, 0.1) is 0 Å². The summed E-state index contributed by atoms with van der Waals surface area (Å²) >= 11 is 0. The van der Waals surface area contributed by atoms with Gasteiger partial charge in [-0.1, -0.05) is 0 Å². The first-order valence-corrected chi connectivity index (χ1v) is 5.99. The fourth-order valence-corrected chi connectivity index (χ4v) is 1.21. The van der Waals surface area contributed by atoms with E-state index in [-0.39, 0.29) is 0 Å². The molecule has 0 radical (unpaired) electrons. The Morgan fingerprint density at radius 3 is 2.32 bits per heavy atom. The fraction of sp³-hybridized carbons (Fsp3) is 0.727. The number of amides is 3. The topological polar surface area (TPSA) is 125 Å². The van der Waals surface area contributed by atoms with Crippen molar-refractivity contribution in [1.29, 1.82) is 0 Å². The van der Waals surface area contributed by atoms with Gasteiger partial charge in [0.2, 0.25) is 5.91 Å². The van der Waals surface area contributed by atoms with Crippen molar-refractivity contribution in [3.8, 4) is 0 Å². The van der Waals surface area contributed by atoms with Gasteiger partial charge >= 0.3 is 12.0 Å². The van der Waals surface area contributed by atoms with Gasteiger partial charge in [-0.3, -0.25) is 4.79 Å². The molecule has 8 heteroatoms. The maximum absolute atomic E-state index is 11.4. The van der Waals surface area contributed by atoms with Gasteiger partial charge in [0.05, 0.1) is 6.42 Å². The zero-order valence-electron chi connectivity index (χ0n) is 11.5. The monoisotopic (exact) mass is 274 g/mol. The van der Waals surface area contributed by atoms with E-state index in [9.17, 15) is 14.4 Å². The van der Waals surface area contributed by atoms with Gasteiger partial charge in [-0.05, 0) is 20.9 Å². The van der Waals surface area contributed by atoms with Gasteiger partial charge in [0, 0.05) is 19.1 Å². The molecule has 0 saturated heterocycles. The molecule has 19 heavy (non-hydrogen) atoms. The number of carboxylic acids is 1. The van der Waals surface area contributed by atoms with E-state index in [1.54, 1.807) is 0 Å². The number of carboxylic acid groups (broad SMARTS) is 1. The molecule has 0 bridgehead atoms. The number of primary amides is 1. The molecular weight excluding hydrogens is 252 g/mol. The molecule has 1 atom stereocenters. The second-order valence-electron chi connectivity index (χ2n) is 4.54. The predicted octanol–water partition coefficient (Wildman–Crippen LogP) is -1.05. The van der Waals surface area contributed by atoms with E-state index < -0.39 is 30.4 Å². The Morgan fingerprint density at radius 2 is 1.89 bits per heavy atom. The molecule has 0 aliphatic heterocycles. The Kier molecular flexibility index (Phi) is 7.50. The van der Waals surface area contributed by atoms with Crippen molar-refractivity contribution in [2.75, 3.05) is 20.1 Å². The van der Waals surface area contributed by atoms with Crippen molar-refractivity contribution >= 4 is 17.9 Å². The number of hydrogen-bond donors (Lipinski definition) is 4. The highest BCUT2D eigenvalue weighted by Gasteiger charge is 2.21. The van der Waals surface area contributed by atoms with Crippen molar-refractivity contribution in [3.05, 3.63) is 0 Å². The van der Waals surface area contributed by atoms with Gasteiger partial charge in [-0.25, -0.2) is 9.59 Å². The van der Waals surface area contributed by atoms with Crippen molar-refractivity contribution in [2.45, 2.75) is 32.4 Å². The lowest BCUT2D eigenvalue weighted by molar-refractivity contribution is -0.140. The van der Waals surface area contributed by atoms with E-state index in [2.05, 4.69) is 10.6 Å². The van der Waals surface area contributed by atoms with E-state index in [0.29, 0.717) is 19.1 Å². The number of hydrogen-bond acceptors (Lipinski definition) is 4. The third-order valence-electron chi connectivity index (χ3n) is 2.64. The Bertz CT molecular complexity index is 333. The maximum Gasteiger partial charge on any atom is 0.326 e. The molecule has 0 aliphatic carbocycles. The number of nitrogens with zero attached hydrogens (tertiary/aromatic N) is 1. The average molecular weight is 274 g/mol. The molecule has 0 aliphatic rings. The highest BCUT2D eigenvalue weighted by atomic mass is 16.4. The van der Waals surface area contributed by atoms with Crippen molar-refractivity contribution < 1.29 is 19.5 Å². The molecule has 0 aromatic carbocycles. The van der Waals surface area contributed by atoms with Crippen LogP contribution < -0.4 is 16.4 Å². The first kappa shape index (κ1) is 17.2. The number of aliphatic carboxylic acids is 1. The minimum absolute atomic E-state index is 0.353. The third-order valence-corrected chi connectivity index (χ3v) is 2.64. The van der Waals surface area contributed by atoms with Crippen LogP contribution in [0.5, 0.6) is 0 Å². The average Bonchev–Trinajstić information content (AvgIpc) is 2.26. The summed E-state index contributed by atoms with van der Waals surface area (Å²) in [5, 5.41) is 13.5. The molecular formula is C11H22N4O4. The van der Waals surface area contributed by atoms with Crippen LogP contribution in [-0.2, 0) is 9.59 Å². The number of nitrogens with one attached hydrogen (secondary N) is 2. The lowest BCUT2D eigenvalue weighted by atomic mass is 10.2. The number of nitrogens with two attached hydrogens (primary N) is 1. The van der Waals surface area contributed by atoms with Gasteiger partial charge in [-0.15, -0.1) is 0 Å². The Hall–Kier alpha value is -1.83. The predicted molar refractivity (Wildman–Crippen MR) is 69.5 cm³/mol. The summed E-state index contributed by atoms with van der Waals surface area (Å²) < 4.78 is 0. The summed E-state index contributed by atoms with van der Waals surface area (Å²) in [5.74, 6) is -2.08. The van der Waals surface area contributed by atoms with E-state index in [4.69, 9.17) is 10.8 Å². The highest BCUT2D eigenvalue weighted by molar-refractivity contribution is 5.87. The van der Waals surface area contributed by atoms with E-state index in [1.165, 1.54) is 0 Å². The zero-order chi connectivity index (χ0) is 15.0. The Morgan fingerprint density at radius 1 is 1.32 bits per heavy atom. The van der Waals surface area contributed by atoms with Crippen molar-refractivity contribution in [1.82, 2.24) is 15.5 Å². The molecule has 0 rings (SSSR count). The maximum atomic E-state index is 11.4. The van der Waals surface area contributed by atoms with Gasteiger partial charge in [-0.2, -0.15) is 0 Å². The summed E-state index contributed by atoms with van der Waals surface area (Å²) in [5.41, 5.74) is 4.90. The number of likely N-dealkylation sites (N-methyl/N-ethyl adjacent to an activating group) is 1. The molecule has 0 spiro atoms. The Labute approximate surface area is 112 Å². The first-order valence-electron chi connectivity index (χ1n) is 5.99. The lowest BCUT2D eigenvalue weighted by Crippen LogP contribution is -2.49. The smallest absolute Gasteiger partial charge is 0.326 e. The number of urea groups is 1. The summed E-state index contributed by atoms with van der Waals surface area (Å²) in [6.07, 6.45) is -0.436.